The first kappa shape index (κ1) is 12.8. The van der Waals surface area contributed by atoms with Gasteiger partial charge in [0.25, 0.3) is 0 Å². The minimum Gasteiger partial charge on any atom is -0.328 e. The molecule has 3 heterocycles. The molecule has 1 aliphatic heterocycles. The Morgan fingerprint density at radius 3 is 3.05 bits per heavy atom. The van der Waals surface area contributed by atoms with Gasteiger partial charge in [0.1, 0.15) is 12.2 Å². The minimum absolute atomic E-state index is 0.177. The smallest absolute Gasteiger partial charge is 0.327 e. The standard InChI is InChI=1S/C13H18N6O/c1-10(15-13(20)18-8-6-14-9-18)12-17-16-11-5-3-2-4-7-19(11)12/h6,8-10H,2-5,7H2,1H3,(H,15,20). The van der Waals surface area contributed by atoms with Crippen molar-refractivity contribution in [2.45, 2.75) is 45.2 Å². The summed E-state index contributed by atoms with van der Waals surface area (Å²) in [6.45, 7) is 2.86. The van der Waals surface area contributed by atoms with E-state index in [1.165, 1.54) is 17.3 Å². The van der Waals surface area contributed by atoms with Gasteiger partial charge in [-0.05, 0) is 19.8 Å². The van der Waals surface area contributed by atoms with E-state index in [0.29, 0.717) is 0 Å². The Hall–Kier alpha value is -2.18. The summed E-state index contributed by atoms with van der Waals surface area (Å²) in [6.07, 6.45) is 9.16. The first-order valence-electron chi connectivity index (χ1n) is 6.96. The number of aryl methyl sites for hydroxylation is 1. The second-order valence-electron chi connectivity index (χ2n) is 5.08. The number of nitrogens with zero attached hydrogens (tertiary/aromatic N) is 5. The summed E-state index contributed by atoms with van der Waals surface area (Å²) in [6, 6.07) is -0.384. The number of carbonyl (C=O) groups is 1. The maximum atomic E-state index is 12.0. The van der Waals surface area contributed by atoms with Gasteiger partial charge in [0.05, 0.1) is 6.04 Å². The van der Waals surface area contributed by atoms with Crippen LogP contribution in [0.4, 0.5) is 4.79 Å². The van der Waals surface area contributed by atoms with E-state index in [1.807, 2.05) is 6.92 Å². The van der Waals surface area contributed by atoms with Crippen molar-refractivity contribution >= 4 is 6.03 Å². The number of nitrogens with one attached hydrogen (secondary N) is 1. The molecule has 1 aliphatic rings. The zero-order valence-electron chi connectivity index (χ0n) is 11.5. The van der Waals surface area contributed by atoms with E-state index in [1.54, 1.807) is 12.4 Å². The summed E-state index contributed by atoms with van der Waals surface area (Å²) in [5.41, 5.74) is 0. The lowest BCUT2D eigenvalue weighted by molar-refractivity contribution is 0.238. The molecule has 1 N–H and O–H groups in total. The number of amides is 1. The number of hydrogen-bond donors (Lipinski definition) is 1. The topological polar surface area (TPSA) is 77.6 Å². The highest BCUT2D eigenvalue weighted by molar-refractivity contribution is 5.76. The third kappa shape index (κ3) is 2.43. The van der Waals surface area contributed by atoms with Gasteiger partial charge < -0.3 is 9.88 Å². The number of fused-ring (bicyclic) bond motifs is 1. The summed E-state index contributed by atoms with van der Waals surface area (Å²) >= 11 is 0. The molecule has 7 nitrogen and oxygen atoms in total. The molecule has 3 rings (SSSR count). The van der Waals surface area contributed by atoms with Crippen LogP contribution in [-0.4, -0.2) is 30.3 Å². The van der Waals surface area contributed by atoms with Crippen molar-refractivity contribution in [3.05, 3.63) is 30.4 Å². The summed E-state index contributed by atoms with van der Waals surface area (Å²) in [5.74, 6) is 1.86. The maximum Gasteiger partial charge on any atom is 0.327 e. The van der Waals surface area contributed by atoms with Crippen molar-refractivity contribution in [2.75, 3.05) is 0 Å². The Balaban J connectivity index is 1.76. The van der Waals surface area contributed by atoms with Crippen LogP contribution in [0.1, 0.15) is 43.9 Å². The van der Waals surface area contributed by atoms with Crippen LogP contribution in [0.2, 0.25) is 0 Å². The van der Waals surface area contributed by atoms with Crippen LogP contribution in [0.3, 0.4) is 0 Å². The van der Waals surface area contributed by atoms with Crippen molar-refractivity contribution in [3.63, 3.8) is 0 Å². The highest BCUT2D eigenvalue weighted by Gasteiger charge is 2.20. The van der Waals surface area contributed by atoms with E-state index in [2.05, 4.69) is 25.1 Å². The van der Waals surface area contributed by atoms with Crippen molar-refractivity contribution in [1.29, 1.82) is 0 Å². The lowest BCUT2D eigenvalue weighted by atomic mass is 10.2. The molecule has 7 heteroatoms. The molecule has 1 atom stereocenters. The molecule has 1 amide bonds. The van der Waals surface area contributed by atoms with Crippen molar-refractivity contribution in [3.8, 4) is 0 Å². The lowest BCUT2D eigenvalue weighted by Crippen LogP contribution is -2.31. The molecule has 0 fully saturated rings. The molecule has 0 bridgehead atoms. The first-order valence-corrected chi connectivity index (χ1v) is 6.96. The average Bonchev–Trinajstić information content (AvgIpc) is 3.04. The molecule has 0 spiro atoms. The summed E-state index contributed by atoms with van der Waals surface area (Å²) in [5, 5.41) is 11.4. The first-order chi connectivity index (χ1) is 9.75. The monoisotopic (exact) mass is 274 g/mol. The van der Waals surface area contributed by atoms with Crippen molar-refractivity contribution in [2.24, 2.45) is 0 Å². The number of carbonyl (C=O) groups excluding carboxylic acids is 1. The van der Waals surface area contributed by atoms with Gasteiger partial charge in [0.2, 0.25) is 0 Å². The number of aromatic nitrogens is 5. The Bertz CT molecular complexity index is 588. The number of rotatable bonds is 2. The fourth-order valence-corrected chi connectivity index (χ4v) is 2.53. The van der Waals surface area contributed by atoms with E-state index in [-0.39, 0.29) is 12.1 Å². The van der Waals surface area contributed by atoms with Gasteiger partial charge in [-0.15, -0.1) is 10.2 Å². The third-order valence-electron chi connectivity index (χ3n) is 3.60. The van der Waals surface area contributed by atoms with Gasteiger partial charge in [-0.1, -0.05) is 6.42 Å². The number of imidazole rings is 1. The highest BCUT2D eigenvalue weighted by atomic mass is 16.2. The molecule has 0 saturated carbocycles. The normalized spacial score (nSPS) is 16.2. The van der Waals surface area contributed by atoms with Gasteiger partial charge >= 0.3 is 6.03 Å². The lowest BCUT2D eigenvalue weighted by Gasteiger charge is -2.15. The van der Waals surface area contributed by atoms with E-state index < -0.39 is 0 Å². The summed E-state index contributed by atoms with van der Waals surface area (Å²) < 4.78 is 3.56. The Morgan fingerprint density at radius 1 is 1.35 bits per heavy atom. The third-order valence-corrected chi connectivity index (χ3v) is 3.60. The fraction of sp³-hybridized carbons (Fsp3) is 0.538. The largest absolute Gasteiger partial charge is 0.328 e. The van der Waals surface area contributed by atoms with Gasteiger partial charge in [0, 0.05) is 25.4 Å². The predicted octanol–water partition coefficient (Wildman–Crippen LogP) is 1.52. The molecule has 0 aromatic carbocycles. The average molecular weight is 274 g/mol. The second kappa shape index (κ2) is 5.44. The van der Waals surface area contributed by atoms with E-state index in [4.69, 9.17) is 0 Å². The van der Waals surface area contributed by atoms with Crippen molar-refractivity contribution < 1.29 is 4.79 Å². The van der Waals surface area contributed by atoms with Crippen molar-refractivity contribution in [1.82, 2.24) is 29.6 Å². The van der Waals surface area contributed by atoms with Gasteiger partial charge in [0.15, 0.2) is 5.82 Å². The van der Waals surface area contributed by atoms with E-state index >= 15 is 0 Å². The zero-order valence-corrected chi connectivity index (χ0v) is 11.5. The molecule has 20 heavy (non-hydrogen) atoms. The SMILES string of the molecule is CC(NC(=O)n1ccnc1)c1nnc2n1CCCCC2. The summed E-state index contributed by atoms with van der Waals surface area (Å²) in [7, 11) is 0. The predicted molar refractivity (Wildman–Crippen MR) is 72.1 cm³/mol. The van der Waals surface area contributed by atoms with Gasteiger partial charge in [-0.3, -0.25) is 4.57 Å². The van der Waals surface area contributed by atoms with E-state index in [0.717, 1.165) is 37.5 Å². The minimum atomic E-state index is -0.207. The number of hydrogen-bond acceptors (Lipinski definition) is 4. The molecular weight excluding hydrogens is 256 g/mol. The molecule has 106 valence electrons. The highest BCUT2D eigenvalue weighted by Crippen LogP contribution is 2.18. The molecular formula is C13H18N6O. The van der Waals surface area contributed by atoms with E-state index in [9.17, 15) is 4.79 Å². The molecule has 2 aromatic heterocycles. The molecule has 0 aliphatic carbocycles. The molecule has 1 unspecified atom stereocenters. The second-order valence-corrected chi connectivity index (χ2v) is 5.08. The fourth-order valence-electron chi connectivity index (χ4n) is 2.53. The summed E-state index contributed by atoms with van der Waals surface area (Å²) in [4.78, 5) is 15.9. The van der Waals surface area contributed by atoms with Crippen LogP contribution in [-0.2, 0) is 13.0 Å². The Kier molecular flexibility index (Phi) is 3.49. The molecule has 2 aromatic rings. The van der Waals surface area contributed by atoms with Crippen LogP contribution in [0.5, 0.6) is 0 Å². The van der Waals surface area contributed by atoms with Gasteiger partial charge in [-0.25, -0.2) is 9.78 Å². The van der Waals surface area contributed by atoms with Crippen LogP contribution >= 0.6 is 0 Å². The quantitative estimate of drug-likeness (QED) is 0.900. The Labute approximate surface area is 117 Å². The maximum absolute atomic E-state index is 12.0. The zero-order chi connectivity index (χ0) is 13.9. The molecule has 0 saturated heterocycles. The van der Waals surface area contributed by atoms with Crippen LogP contribution in [0.15, 0.2) is 18.7 Å². The van der Waals surface area contributed by atoms with Gasteiger partial charge in [-0.2, -0.15) is 0 Å². The molecule has 0 radical (unpaired) electrons. The van der Waals surface area contributed by atoms with Crippen LogP contribution in [0, 0.1) is 0 Å². The Morgan fingerprint density at radius 2 is 2.25 bits per heavy atom. The van der Waals surface area contributed by atoms with Crippen LogP contribution < -0.4 is 5.32 Å². The van der Waals surface area contributed by atoms with Crippen LogP contribution in [0.25, 0.3) is 0 Å².